The van der Waals surface area contributed by atoms with Crippen molar-refractivity contribution in [2.45, 2.75) is 32.6 Å². The number of aliphatic carboxylic acids is 1. The molecule has 4 rings (SSSR count). The van der Waals surface area contributed by atoms with Crippen LogP contribution in [-0.2, 0) is 9.53 Å². The predicted molar refractivity (Wildman–Crippen MR) is 177 cm³/mol. The van der Waals surface area contributed by atoms with Crippen LogP contribution in [0.4, 0.5) is 0 Å². The highest BCUT2D eigenvalue weighted by atomic mass is 35.5. The molecule has 0 radical (unpaired) electrons. The molecule has 234 valence electrons. The average molecular weight is 632 g/mol. The van der Waals surface area contributed by atoms with Gasteiger partial charge in [0.15, 0.2) is 0 Å². The van der Waals surface area contributed by atoms with Crippen LogP contribution < -0.4 is 0 Å². The minimum Gasteiger partial charge on any atom is -0.481 e. The van der Waals surface area contributed by atoms with E-state index in [-0.39, 0.29) is 18.9 Å². The van der Waals surface area contributed by atoms with Crippen molar-refractivity contribution in [3.05, 3.63) is 52.0 Å². The molecule has 1 aromatic rings. The maximum Gasteiger partial charge on any atom is 0.303 e. The molecule has 9 nitrogen and oxygen atoms in total. The van der Waals surface area contributed by atoms with Gasteiger partial charge in [-0.2, -0.15) is 0 Å². The molecule has 0 amide bonds. The third-order valence-corrected chi connectivity index (χ3v) is 8.92. The number of piperidine rings is 1. The SMILES string of the molecule is C=C(N=C(/C=C(\CC)CN1CCC(CC(=O)O)CC1)OC/C=N\C(=NC)N1CC2CN(C)CC2C1)c1cc(Cl)cc(Cl)c1. The number of hydrogen-bond acceptors (Lipinski definition) is 6. The second kappa shape index (κ2) is 15.8. The third kappa shape index (κ3) is 9.89. The highest BCUT2D eigenvalue weighted by molar-refractivity contribution is 6.34. The van der Waals surface area contributed by atoms with E-state index in [1.54, 1.807) is 31.5 Å². The summed E-state index contributed by atoms with van der Waals surface area (Å²) in [4.78, 5) is 32.0. The van der Waals surface area contributed by atoms with Crippen LogP contribution in [0, 0.1) is 17.8 Å². The molecule has 3 aliphatic rings. The molecule has 1 aromatic carbocycles. The summed E-state index contributed by atoms with van der Waals surface area (Å²) < 4.78 is 6.16. The quantitative estimate of drug-likeness (QED) is 0.273. The summed E-state index contributed by atoms with van der Waals surface area (Å²) in [6.45, 7) is 13.2. The van der Waals surface area contributed by atoms with Crippen LogP contribution in [0.25, 0.3) is 5.70 Å². The van der Waals surface area contributed by atoms with E-state index in [0.29, 0.717) is 39.0 Å². The van der Waals surface area contributed by atoms with Crippen molar-refractivity contribution in [2.24, 2.45) is 32.7 Å². The summed E-state index contributed by atoms with van der Waals surface area (Å²) >= 11 is 12.5. The zero-order valence-electron chi connectivity index (χ0n) is 25.5. The number of nitrogens with zero attached hydrogens (tertiary/aromatic N) is 6. The monoisotopic (exact) mass is 630 g/mol. The fourth-order valence-corrected chi connectivity index (χ4v) is 6.78. The zero-order valence-corrected chi connectivity index (χ0v) is 27.0. The van der Waals surface area contributed by atoms with Crippen LogP contribution in [0.5, 0.6) is 0 Å². The molecule has 0 spiro atoms. The molecular formula is C32H44Cl2N6O3. The Morgan fingerprint density at radius 2 is 1.77 bits per heavy atom. The van der Waals surface area contributed by atoms with Gasteiger partial charge in [0.05, 0.1) is 5.70 Å². The number of likely N-dealkylation sites (tertiary alicyclic amines) is 3. The van der Waals surface area contributed by atoms with Gasteiger partial charge in [-0.1, -0.05) is 42.3 Å². The molecule has 3 heterocycles. The van der Waals surface area contributed by atoms with Crippen molar-refractivity contribution in [3.63, 3.8) is 0 Å². The van der Waals surface area contributed by atoms with Gasteiger partial charge in [-0.3, -0.25) is 14.7 Å². The molecule has 0 bridgehead atoms. The van der Waals surface area contributed by atoms with Gasteiger partial charge in [0.1, 0.15) is 6.61 Å². The van der Waals surface area contributed by atoms with Crippen molar-refractivity contribution >= 4 is 52.9 Å². The maximum atomic E-state index is 11.1. The molecule has 2 unspecified atom stereocenters. The molecule has 0 aliphatic carbocycles. The van der Waals surface area contributed by atoms with Gasteiger partial charge < -0.3 is 19.6 Å². The van der Waals surface area contributed by atoms with Crippen molar-refractivity contribution in [1.29, 1.82) is 0 Å². The summed E-state index contributed by atoms with van der Waals surface area (Å²) in [7, 11) is 3.96. The van der Waals surface area contributed by atoms with E-state index in [1.165, 1.54) is 0 Å². The molecule has 1 N–H and O–H groups in total. The first-order valence-electron chi connectivity index (χ1n) is 15.1. The molecule has 2 atom stereocenters. The van der Waals surface area contributed by atoms with Gasteiger partial charge in [-0.05, 0) is 75.4 Å². The van der Waals surface area contributed by atoms with Crippen LogP contribution in [-0.4, -0.2) is 110 Å². The lowest BCUT2D eigenvalue weighted by Gasteiger charge is -2.31. The number of halogens is 2. The van der Waals surface area contributed by atoms with Gasteiger partial charge in [-0.15, -0.1) is 0 Å². The van der Waals surface area contributed by atoms with Gasteiger partial charge in [-0.25, -0.2) is 9.98 Å². The second-order valence-corrected chi connectivity index (χ2v) is 12.7. The van der Waals surface area contributed by atoms with E-state index in [0.717, 1.165) is 76.6 Å². The number of carboxylic acids is 1. The number of rotatable bonds is 10. The molecule has 3 fully saturated rings. The summed E-state index contributed by atoms with van der Waals surface area (Å²) in [5.74, 6) is 2.01. The number of hydrogen-bond donors (Lipinski definition) is 1. The number of benzene rings is 1. The number of aliphatic imine (C=N–C) groups is 3. The summed E-state index contributed by atoms with van der Waals surface area (Å²) in [6, 6.07) is 5.22. The third-order valence-electron chi connectivity index (χ3n) is 8.48. The molecular weight excluding hydrogens is 587 g/mol. The standard InChI is InChI=1S/C32H44Cl2N6O3/c1-5-23(17-39-9-6-24(7-10-39)13-31(41)42)12-30(37-22(2)25-14-28(33)16-29(34)15-25)43-11-8-36-32(35-3)40-20-26-18-38(4)19-27(26)21-40/h8,12,14-16,24,26-27H,2,5-7,9-11,13,17-21H2,1,3-4H3,(H,41,42)/b23-12+,35-32?,36-8-,37-30?. The van der Waals surface area contributed by atoms with E-state index in [4.69, 9.17) is 38.0 Å². The molecule has 0 saturated carbocycles. The summed E-state index contributed by atoms with van der Waals surface area (Å²) in [5.41, 5.74) is 2.36. The first-order valence-corrected chi connectivity index (χ1v) is 15.8. The van der Waals surface area contributed by atoms with Crippen LogP contribution >= 0.6 is 23.2 Å². The van der Waals surface area contributed by atoms with Crippen LogP contribution in [0.3, 0.4) is 0 Å². The Bertz CT molecular complexity index is 1240. The molecule has 3 aliphatic heterocycles. The zero-order chi connectivity index (χ0) is 30.9. The number of carbonyl (C=O) groups is 1. The Hall–Kier alpha value is -2.72. The van der Waals surface area contributed by atoms with Gasteiger partial charge >= 0.3 is 5.97 Å². The lowest BCUT2D eigenvalue weighted by atomic mass is 9.93. The topological polar surface area (TPSA) is 93.3 Å². The Labute approximate surface area is 265 Å². The molecule has 3 saturated heterocycles. The lowest BCUT2D eigenvalue weighted by Crippen LogP contribution is -2.35. The fraction of sp³-hybridized carbons (Fsp3) is 0.562. The number of ether oxygens (including phenoxy) is 1. The smallest absolute Gasteiger partial charge is 0.303 e. The van der Waals surface area contributed by atoms with Crippen molar-refractivity contribution in [1.82, 2.24) is 14.7 Å². The largest absolute Gasteiger partial charge is 0.481 e. The molecule has 11 heteroatoms. The molecule has 0 aromatic heterocycles. The Morgan fingerprint density at radius 3 is 2.35 bits per heavy atom. The van der Waals surface area contributed by atoms with Crippen LogP contribution in [0.2, 0.25) is 10.0 Å². The first kappa shape index (κ1) is 33.2. The summed E-state index contributed by atoms with van der Waals surface area (Å²) in [5, 5.41) is 10.2. The second-order valence-electron chi connectivity index (χ2n) is 11.8. The van der Waals surface area contributed by atoms with E-state index in [1.807, 2.05) is 6.08 Å². The van der Waals surface area contributed by atoms with Crippen molar-refractivity contribution < 1.29 is 14.6 Å². The van der Waals surface area contributed by atoms with Crippen molar-refractivity contribution in [2.75, 3.05) is 66.5 Å². The normalized spacial score (nSPS) is 22.9. The Morgan fingerprint density at radius 1 is 1.12 bits per heavy atom. The van der Waals surface area contributed by atoms with E-state index in [9.17, 15) is 4.79 Å². The highest BCUT2D eigenvalue weighted by Crippen LogP contribution is 2.30. The minimum absolute atomic E-state index is 0.221. The lowest BCUT2D eigenvalue weighted by molar-refractivity contribution is -0.138. The van der Waals surface area contributed by atoms with Gasteiger partial charge in [0.2, 0.25) is 11.9 Å². The summed E-state index contributed by atoms with van der Waals surface area (Å²) in [6.07, 6.45) is 6.55. The maximum absolute atomic E-state index is 11.1. The first-order chi connectivity index (χ1) is 20.6. The minimum atomic E-state index is -0.719. The fourth-order valence-electron chi connectivity index (χ4n) is 6.25. The predicted octanol–water partition coefficient (Wildman–Crippen LogP) is 5.45. The van der Waals surface area contributed by atoms with Gasteiger partial charge in [0, 0.05) is 74.1 Å². The van der Waals surface area contributed by atoms with E-state index < -0.39 is 5.97 Å². The number of guanidine groups is 1. The number of fused-ring (bicyclic) bond motifs is 1. The number of carboxylic acid groups (broad SMARTS) is 1. The van der Waals surface area contributed by atoms with Crippen LogP contribution in [0.15, 0.2) is 51.4 Å². The van der Waals surface area contributed by atoms with E-state index >= 15 is 0 Å². The Balaban J connectivity index is 1.43. The molecule has 43 heavy (non-hydrogen) atoms. The van der Waals surface area contributed by atoms with E-state index in [2.05, 4.69) is 45.2 Å². The van der Waals surface area contributed by atoms with Crippen molar-refractivity contribution in [3.8, 4) is 0 Å². The van der Waals surface area contributed by atoms with Crippen LogP contribution in [0.1, 0.15) is 38.2 Å². The average Bonchev–Trinajstić information content (AvgIpc) is 3.50. The Kier molecular flexibility index (Phi) is 12.2. The highest BCUT2D eigenvalue weighted by Gasteiger charge is 2.39. The van der Waals surface area contributed by atoms with Gasteiger partial charge in [0.25, 0.3) is 0 Å².